The van der Waals surface area contributed by atoms with Crippen LogP contribution in [0, 0.1) is 5.92 Å². The van der Waals surface area contributed by atoms with E-state index in [0.29, 0.717) is 28.7 Å². The Morgan fingerprint density at radius 3 is 2.21 bits per heavy atom. The Morgan fingerprint density at radius 2 is 1.57 bits per heavy atom. The molecule has 0 atom stereocenters. The first-order valence-electron chi connectivity index (χ1n) is 9.06. The standard InChI is InChI=1S/C21H22N4O3/c1-14(2)11-19(26)23-15-7-9-16(10-8-15)24-20(27)12-25-13-22-18-6-4-3-5-17(18)21(25)28/h3-10,13-14H,11-12H2,1-2H3,(H,23,26)(H,24,27). The lowest BCUT2D eigenvalue weighted by Gasteiger charge is -2.10. The highest BCUT2D eigenvalue weighted by Crippen LogP contribution is 2.14. The number of anilines is 2. The zero-order valence-electron chi connectivity index (χ0n) is 15.8. The van der Waals surface area contributed by atoms with Crippen LogP contribution in [0.1, 0.15) is 20.3 Å². The summed E-state index contributed by atoms with van der Waals surface area (Å²) >= 11 is 0. The summed E-state index contributed by atoms with van der Waals surface area (Å²) in [7, 11) is 0. The molecule has 0 aliphatic carbocycles. The smallest absolute Gasteiger partial charge is 0.261 e. The van der Waals surface area contributed by atoms with Gasteiger partial charge in [0.2, 0.25) is 11.8 Å². The van der Waals surface area contributed by atoms with Gasteiger partial charge in [0, 0.05) is 17.8 Å². The molecule has 0 radical (unpaired) electrons. The summed E-state index contributed by atoms with van der Waals surface area (Å²) in [5.41, 5.74) is 1.58. The molecule has 0 spiro atoms. The van der Waals surface area contributed by atoms with Gasteiger partial charge < -0.3 is 10.6 Å². The zero-order valence-corrected chi connectivity index (χ0v) is 15.8. The van der Waals surface area contributed by atoms with Crippen LogP contribution in [0.5, 0.6) is 0 Å². The molecule has 0 unspecified atom stereocenters. The van der Waals surface area contributed by atoms with Gasteiger partial charge in [0.05, 0.1) is 17.2 Å². The molecular weight excluding hydrogens is 356 g/mol. The molecule has 2 N–H and O–H groups in total. The summed E-state index contributed by atoms with van der Waals surface area (Å²) in [4.78, 5) is 40.7. The topological polar surface area (TPSA) is 93.1 Å². The van der Waals surface area contributed by atoms with Crippen molar-refractivity contribution in [3.63, 3.8) is 0 Å². The largest absolute Gasteiger partial charge is 0.326 e. The number of nitrogens with zero attached hydrogens (tertiary/aromatic N) is 2. The van der Waals surface area contributed by atoms with Crippen LogP contribution in [-0.2, 0) is 16.1 Å². The molecule has 0 aliphatic heterocycles. The predicted molar refractivity (Wildman–Crippen MR) is 109 cm³/mol. The number of rotatable bonds is 6. The van der Waals surface area contributed by atoms with Gasteiger partial charge in [-0.1, -0.05) is 26.0 Å². The van der Waals surface area contributed by atoms with Crippen molar-refractivity contribution in [2.45, 2.75) is 26.8 Å². The second-order valence-corrected chi connectivity index (χ2v) is 6.97. The maximum atomic E-state index is 12.4. The van der Waals surface area contributed by atoms with Crippen molar-refractivity contribution in [2.75, 3.05) is 10.6 Å². The molecule has 144 valence electrons. The minimum atomic E-state index is -0.337. The van der Waals surface area contributed by atoms with Crippen molar-refractivity contribution in [1.82, 2.24) is 9.55 Å². The Labute approximate surface area is 162 Å². The van der Waals surface area contributed by atoms with Crippen molar-refractivity contribution in [3.05, 3.63) is 65.2 Å². The molecule has 1 aromatic heterocycles. The zero-order chi connectivity index (χ0) is 20.1. The molecule has 3 aromatic rings. The highest BCUT2D eigenvalue weighted by molar-refractivity contribution is 5.93. The number of nitrogens with one attached hydrogen (secondary N) is 2. The fraction of sp³-hybridized carbons (Fsp3) is 0.238. The molecule has 2 amide bonds. The number of aromatic nitrogens is 2. The number of hydrogen-bond donors (Lipinski definition) is 2. The lowest BCUT2D eigenvalue weighted by atomic mass is 10.1. The fourth-order valence-corrected chi connectivity index (χ4v) is 2.79. The molecule has 0 saturated heterocycles. The van der Waals surface area contributed by atoms with Crippen molar-refractivity contribution in [1.29, 1.82) is 0 Å². The van der Waals surface area contributed by atoms with Gasteiger partial charge in [-0.15, -0.1) is 0 Å². The van der Waals surface area contributed by atoms with E-state index in [9.17, 15) is 14.4 Å². The van der Waals surface area contributed by atoms with E-state index in [-0.39, 0.29) is 29.8 Å². The molecule has 7 nitrogen and oxygen atoms in total. The summed E-state index contributed by atoms with van der Waals surface area (Å²) in [5.74, 6) is -0.0997. The summed E-state index contributed by atoms with van der Waals surface area (Å²) < 4.78 is 1.28. The van der Waals surface area contributed by atoms with Gasteiger partial charge in [-0.05, 0) is 42.3 Å². The van der Waals surface area contributed by atoms with Gasteiger partial charge in [0.1, 0.15) is 6.54 Å². The minimum absolute atomic E-state index is 0.0463. The molecule has 2 aromatic carbocycles. The summed E-state index contributed by atoms with van der Waals surface area (Å²) in [6.07, 6.45) is 1.82. The van der Waals surface area contributed by atoms with Crippen LogP contribution >= 0.6 is 0 Å². The normalized spacial score (nSPS) is 10.8. The number of carbonyl (C=O) groups is 2. The molecule has 1 heterocycles. The first kappa shape index (κ1) is 19.3. The average Bonchev–Trinajstić information content (AvgIpc) is 2.65. The van der Waals surface area contributed by atoms with Crippen molar-refractivity contribution in [2.24, 2.45) is 5.92 Å². The predicted octanol–water partition coefficient (Wildman–Crippen LogP) is 3.02. The van der Waals surface area contributed by atoms with Crippen molar-refractivity contribution in [3.8, 4) is 0 Å². The average molecular weight is 378 g/mol. The molecule has 7 heteroatoms. The molecule has 0 saturated carbocycles. The highest BCUT2D eigenvalue weighted by Gasteiger charge is 2.09. The van der Waals surface area contributed by atoms with Gasteiger partial charge in [-0.3, -0.25) is 19.0 Å². The lowest BCUT2D eigenvalue weighted by molar-refractivity contribution is -0.117. The van der Waals surface area contributed by atoms with Gasteiger partial charge in [-0.25, -0.2) is 4.98 Å². The highest BCUT2D eigenvalue weighted by atomic mass is 16.2. The minimum Gasteiger partial charge on any atom is -0.326 e. The van der Waals surface area contributed by atoms with E-state index in [1.165, 1.54) is 10.9 Å². The Morgan fingerprint density at radius 1 is 0.964 bits per heavy atom. The molecular formula is C21H22N4O3. The van der Waals surface area contributed by atoms with Crippen LogP contribution in [0.15, 0.2) is 59.7 Å². The first-order chi connectivity index (χ1) is 13.4. The number of carbonyl (C=O) groups excluding carboxylic acids is 2. The van der Waals surface area contributed by atoms with E-state index in [1.54, 1.807) is 48.5 Å². The Balaban J connectivity index is 1.63. The van der Waals surface area contributed by atoms with E-state index in [1.807, 2.05) is 13.8 Å². The van der Waals surface area contributed by atoms with E-state index in [4.69, 9.17) is 0 Å². The number of fused-ring (bicyclic) bond motifs is 1. The number of benzene rings is 2. The van der Waals surface area contributed by atoms with Gasteiger partial charge in [0.25, 0.3) is 5.56 Å². The van der Waals surface area contributed by atoms with Crippen LogP contribution in [0.3, 0.4) is 0 Å². The van der Waals surface area contributed by atoms with Crippen LogP contribution < -0.4 is 16.2 Å². The van der Waals surface area contributed by atoms with Gasteiger partial charge in [0.15, 0.2) is 0 Å². The van der Waals surface area contributed by atoms with Crippen LogP contribution in [0.2, 0.25) is 0 Å². The molecule has 0 fully saturated rings. The third kappa shape index (κ3) is 4.82. The van der Waals surface area contributed by atoms with Gasteiger partial charge in [-0.2, -0.15) is 0 Å². The quantitative estimate of drug-likeness (QED) is 0.689. The SMILES string of the molecule is CC(C)CC(=O)Nc1ccc(NC(=O)Cn2cnc3ccccc3c2=O)cc1. The second-order valence-electron chi connectivity index (χ2n) is 6.97. The summed E-state index contributed by atoms with van der Waals surface area (Å²) in [6, 6.07) is 13.8. The van der Waals surface area contributed by atoms with E-state index in [0.717, 1.165) is 0 Å². The Bertz CT molecular complexity index is 1060. The maximum Gasteiger partial charge on any atom is 0.261 e. The molecule has 28 heavy (non-hydrogen) atoms. The summed E-state index contributed by atoms with van der Waals surface area (Å²) in [6.45, 7) is 3.83. The lowest BCUT2D eigenvalue weighted by Crippen LogP contribution is -2.27. The fourth-order valence-electron chi connectivity index (χ4n) is 2.79. The van der Waals surface area contributed by atoms with E-state index >= 15 is 0 Å². The third-order valence-electron chi connectivity index (χ3n) is 4.09. The van der Waals surface area contributed by atoms with Crippen LogP contribution in [-0.4, -0.2) is 21.4 Å². The maximum absolute atomic E-state index is 12.4. The van der Waals surface area contributed by atoms with Crippen LogP contribution in [0.4, 0.5) is 11.4 Å². The van der Waals surface area contributed by atoms with Crippen LogP contribution in [0.25, 0.3) is 10.9 Å². The van der Waals surface area contributed by atoms with Crippen molar-refractivity contribution >= 4 is 34.1 Å². The van der Waals surface area contributed by atoms with Crippen molar-refractivity contribution < 1.29 is 9.59 Å². The summed E-state index contributed by atoms with van der Waals surface area (Å²) in [5, 5.41) is 6.02. The molecule has 3 rings (SSSR count). The van der Waals surface area contributed by atoms with E-state index in [2.05, 4.69) is 15.6 Å². The number of hydrogen-bond acceptors (Lipinski definition) is 4. The number of amides is 2. The van der Waals surface area contributed by atoms with Gasteiger partial charge >= 0.3 is 0 Å². The Hall–Kier alpha value is -3.48. The first-order valence-corrected chi connectivity index (χ1v) is 9.06. The molecule has 0 bridgehead atoms. The monoisotopic (exact) mass is 378 g/mol. The van der Waals surface area contributed by atoms with E-state index < -0.39 is 0 Å². The molecule has 0 aliphatic rings. The Kier molecular flexibility index (Phi) is 5.84. The third-order valence-corrected chi connectivity index (χ3v) is 4.09. The number of para-hydroxylation sites is 1. The second kappa shape index (κ2) is 8.47.